The van der Waals surface area contributed by atoms with E-state index >= 15 is 0 Å². The zero-order chi connectivity index (χ0) is 41.8. The first-order valence-electron chi connectivity index (χ1n) is 22.4. The van der Waals surface area contributed by atoms with Crippen LogP contribution in [0.3, 0.4) is 0 Å². The average molecular weight is 877 g/mol. The van der Waals surface area contributed by atoms with E-state index in [9.17, 15) is 0 Å². The molecule has 0 N–H and O–H groups in total. The number of hydrogen-bond acceptors (Lipinski definition) is 0. The molecule has 0 aromatic heterocycles. The first-order chi connectivity index (χ1) is 30.8. The summed E-state index contributed by atoms with van der Waals surface area (Å²) in [6.45, 7) is 0. The predicted octanol–water partition coefficient (Wildman–Crippen LogP) is 12.1. The van der Waals surface area contributed by atoms with Crippen molar-refractivity contribution < 1.29 is 0 Å². The van der Waals surface area contributed by atoms with E-state index < -0.39 is 31.7 Å². The van der Waals surface area contributed by atoms with Gasteiger partial charge in [-0.2, -0.15) is 0 Å². The molecule has 308 valence electrons. The topological polar surface area (TPSA) is 0 Å². The van der Waals surface area contributed by atoms with E-state index in [-0.39, 0.29) is 0 Å². The number of benzene rings is 8. The fraction of sp³-hybridized carbons (Fsp3) is 0.172. The maximum atomic E-state index is 2.46. The largest absolute Gasteiger partial charge is 0.0622 e. The summed E-state index contributed by atoms with van der Waals surface area (Å²) in [4.78, 5) is 0. The van der Waals surface area contributed by atoms with Crippen LogP contribution in [-0.2, 0) is 0 Å². The highest BCUT2D eigenvalue weighted by Gasteiger charge is 2.45. The van der Waals surface area contributed by atoms with Gasteiger partial charge in [0.1, 0.15) is 0 Å². The monoisotopic (exact) mass is 876 g/mol. The second-order valence-electron chi connectivity index (χ2n) is 16.4. The molecule has 0 heterocycles. The lowest BCUT2D eigenvalue weighted by atomic mass is 9.76. The highest BCUT2D eigenvalue weighted by atomic mass is 31.1. The third-order valence-corrected chi connectivity index (χ3v) is 24.3. The van der Waals surface area contributed by atoms with E-state index in [1.54, 1.807) is 0 Å². The van der Waals surface area contributed by atoms with E-state index in [0.29, 0.717) is 23.2 Å². The molecule has 0 amide bonds. The van der Waals surface area contributed by atoms with Crippen molar-refractivity contribution in [2.24, 2.45) is 11.8 Å². The summed E-state index contributed by atoms with van der Waals surface area (Å²) in [5, 5.41) is 12.0. The van der Waals surface area contributed by atoms with Gasteiger partial charge in [-0.05, 0) is 122 Å². The Morgan fingerprint density at radius 2 is 0.468 bits per heavy atom. The van der Waals surface area contributed by atoms with Crippen molar-refractivity contribution in [3.63, 3.8) is 0 Å². The van der Waals surface area contributed by atoms with Gasteiger partial charge in [0, 0.05) is 0 Å². The second kappa shape index (κ2) is 21.7. The van der Waals surface area contributed by atoms with E-state index in [0.717, 1.165) is 0 Å². The first-order valence-corrected chi connectivity index (χ1v) is 28.2. The third kappa shape index (κ3) is 10.3. The van der Waals surface area contributed by atoms with Crippen LogP contribution in [0.2, 0.25) is 0 Å². The average Bonchev–Trinajstić information content (AvgIpc) is 3.36. The normalized spacial score (nSPS) is 16.4. The van der Waals surface area contributed by atoms with Crippen LogP contribution in [0.5, 0.6) is 0 Å². The Morgan fingerprint density at radius 3 is 0.677 bits per heavy atom. The molecule has 0 spiro atoms. The molecule has 4 heteroatoms. The van der Waals surface area contributed by atoms with Gasteiger partial charge in [0.25, 0.3) is 0 Å². The Balaban J connectivity index is 1.26. The summed E-state index contributed by atoms with van der Waals surface area (Å²) in [7, 11) is -2.68. The van der Waals surface area contributed by atoms with Crippen molar-refractivity contribution in [3.8, 4) is 0 Å². The van der Waals surface area contributed by atoms with Crippen LogP contribution in [0.15, 0.2) is 243 Å². The molecule has 0 nitrogen and oxygen atoms in total. The molecular formula is C58H56P4. The molecule has 0 bridgehead atoms. The minimum atomic E-state index is -0.709. The molecule has 9 rings (SSSR count). The number of hydrogen-bond donors (Lipinski definition) is 0. The van der Waals surface area contributed by atoms with Gasteiger partial charge in [0.15, 0.2) is 0 Å². The molecule has 62 heavy (non-hydrogen) atoms. The summed E-state index contributed by atoms with van der Waals surface area (Å²) in [6.07, 6.45) is 7.50. The van der Waals surface area contributed by atoms with Crippen LogP contribution < -0.4 is 42.4 Å². The summed E-state index contributed by atoms with van der Waals surface area (Å²) in [5.74, 6) is 1.11. The minimum absolute atomic E-state index is 0.484. The maximum Gasteiger partial charge on any atom is -0.00523 e. The van der Waals surface area contributed by atoms with E-state index in [2.05, 4.69) is 243 Å². The quantitative estimate of drug-likeness (QED) is 0.0849. The Bertz CT molecular complexity index is 2150. The fourth-order valence-electron chi connectivity index (χ4n) is 9.90. The first kappa shape index (κ1) is 42.8. The van der Waals surface area contributed by atoms with Gasteiger partial charge < -0.3 is 0 Å². The summed E-state index contributed by atoms with van der Waals surface area (Å²) in [6, 6.07) is 93.1. The van der Waals surface area contributed by atoms with Crippen LogP contribution in [0, 0.1) is 11.8 Å². The lowest BCUT2D eigenvalue weighted by molar-refractivity contribution is 0.235. The lowest BCUT2D eigenvalue weighted by Crippen LogP contribution is -2.44. The van der Waals surface area contributed by atoms with Crippen molar-refractivity contribution in [1.29, 1.82) is 0 Å². The van der Waals surface area contributed by atoms with Gasteiger partial charge in [0.2, 0.25) is 0 Å². The summed E-state index contributed by atoms with van der Waals surface area (Å²) < 4.78 is 0. The standard InChI is InChI=1S/C58H56P4/c1-9-27-47(28-10-1)59(48-29-11-2-12-30-48)45-57(61(51-35-17-5-18-36-51)52-37-19-6-20-38-52)55-43-25-26-44-56(55)58(62(53-39-21-7-22-40-53)54-41-23-8-24-42-54)46-60(49-31-13-3-14-32-49)50-33-15-4-16-34-50/h1-24,27-42,55-58H,25-26,43-46H2. The number of rotatable bonds is 16. The minimum Gasteiger partial charge on any atom is -0.0622 e. The predicted molar refractivity (Wildman–Crippen MR) is 279 cm³/mol. The molecule has 1 aliphatic carbocycles. The Hall–Kier alpha value is -4.52. The summed E-state index contributed by atoms with van der Waals surface area (Å²) >= 11 is 0. The molecule has 8 aromatic rings. The van der Waals surface area contributed by atoms with Gasteiger partial charge in [-0.25, -0.2) is 0 Å². The highest BCUT2D eigenvalue weighted by Crippen LogP contribution is 2.59. The lowest BCUT2D eigenvalue weighted by Gasteiger charge is -2.48. The Labute approximate surface area is 375 Å². The van der Waals surface area contributed by atoms with Crippen LogP contribution in [0.25, 0.3) is 0 Å². The van der Waals surface area contributed by atoms with Crippen molar-refractivity contribution in [1.82, 2.24) is 0 Å². The van der Waals surface area contributed by atoms with Crippen molar-refractivity contribution in [3.05, 3.63) is 243 Å². The molecule has 1 fully saturated rings. The van der Waals surface area contributed by atoms with Gasteiger partial charge in [0.05, 0.1) is 0 Å². The smallest absolute Gasteiger partial charge is 0.00523 e. The van der Waals surface area contributed by atoms with Crippen LogP contribution in [-0.4, -0.2) is 23.6 Å². The molecule has 1 aliphatic rings. The fourth-order valence-corrected chi connectivity index (χ4v) is 22.7. The maximum absolute atomic E-state index is 2.46. The molecular weight excluding hydrogens is 821 g/mol. The highest BCUT2D eigenvalue weighted by molar-refractivity contribution is 7.78. The van der Waals surface area contributed by atoms with Gasteiger partial charge in [-0.15, -0.1) is 0 Å². The second-order valence-corrected chi connectivity index (χ2v) is 25.8. The molecule has 0 saturated heterocycles. The molecule has 4 atom stereocenters. The zero-order valence-electron chi connectivity index (χ0n) is 35.4. The van der Waals surface area contributed by atoms with Crippen molar-refractivity contribution in [2.45, 2.75) is 37.0 Å². The van der Waals surface area contributed by atoms with Crippen LogP contribution in [0.1, 0.15) is 25.7 Å². The molecule has 0 radical (unpaired) electrons. The molecule has 0 aliphatic heterocycles. The van der Waals surface area contributed by atoms with E-state index in [1.807, 2.05) is 0 Å². The zero-order valence-corrected chi connectivity index (χ0v) is 39.0. The SMILES string of the molecule is c1ccc(P(CC(C2CCCCC2C(CP(c2ccccc2)c2ccccc2)P(c2ccccc2)c2ccccc2)P(c2ccccc2)c2ccccc2)c2ccccc2)cc1. The van der Waals surface area contributed by atoms with Crippen molar-refractivity contribution >= 4 is 74.1 Å². The van der Waals surface area contributed by atoms with E-state index in [4.69, 9.17) is 0 Å². The Kier molecular flexibility index (Phi) is 15.0. The van der Waals surface area contributed by atoms with E-state index in [1.165, 1.54) is 80.4 Å². The van der Waals surface area contributed by atoms with Gasteiger partial charge in [-0.3, -0.25) is 0 Å². The van der Waals surface area contributed by atoms with Crippen LogP contribution in [0.4, 0.5) is 0 Å². The molecule has 8 aromatic carbocycles. The van der Waals surface area contributed by atoms with Gasteiger partial charge >= 0.3 is 0 Å². The summed E-state index contributed by atoms with van der Waals surface area (Å²) in [5.41, 5.74) is 0.967. The van der Waals surface area contributed by atoms with Crippen molar-refractivity contribution in [2.75, 3.05) is 12.3 Å². The molecule has 4 unspecified atom stereocenters. The van der Waals surface area contributed by atoms with Gasteiger partial charge in [-0.1, -0.05) is 255 Å². The Morgan fingerprint density at radius 1 is 0.274 bits per heavy atom. The molecule has 1 saturated carbocycles. The third-order valence-electron chi connectivity index (χ3n) is 12.7. The van der Waals surface area contributed by atoms with Crippen LogP contribution >= 0.6 is 31.7 Å².